The van der Waals surface area contributed by atoms with Crippen LogP contribution in [0.4, 0.5) is 0 Å². The van der Waals surface area contributed by atoms with E-state index in [2.05, 4.69) is 68.5 Å². The zero-order valence-electron chi connectivity index (χ0n) is 34.1. The highest BCUT2D eigenvalue weighted by atomic mass is 31.2. The summed E-state index contributed by atoms with van der Waals surface area (Å²) in [6.45, 7) is 1.96. The average Bonchev–Trinajstić information content (AvgIpc) is 3.17. The standard InChI is InChI=1S/C44H75O10P/c1-3-5-7-9-11-13-15-17-18-19-20-21-22-24-26-28-30-32-34-36-44(48)54-42(38-46)40-52-55(49,50)51-39-41(37-45)53-43(47)35-33-31-29-27-25-23-16-14-12-10-8-6-4-2/h6,8,11-14,17-18,23,25,29,31,41-42,45-46H,3-5,7,9-10,15-16,19-22,24,26-28,30,32-40H2,1-2H3,(H,49,50)/b8-6-,13-11-,14-12-,18-17-,25-23-,31-29-. The molecular formula is C44H75O10P. The molecule has 3 unspecified atom stereocenters. The van der Waals surface area contributed by atoms with Gasteiger partial charge in [-0.3, -0.25) is 18.6 Å². The molecule has 0 aromatic rings. The third-order valence-electron chi connectivity index (χ3n) is 8.42. The summed E-state index contributed by atoms with van der Waals surface area (Å²) < 4.78 is 32.4. The minimum Gasteiger partial charge on any atom is -0.457 e. The van der Waals surface area contributed by atoms with Gasteiger partial charge < -0.3 is 24.6 Å². The first kappa shape index (κ1) is 52.4. The van der Waals surface area contributed by atoms with E-state index in [9.17, 15) is 29.3 Å². The van der Waals surface area contributed by atoms with Crippen LogP contribution in [0.25, 0.3) is 0 Å². The average molecular weight is 795 g/mol. The summed E-state index contributed by atoms with van der Waals surface area (Å²) >= 11 is 0. The normalized spacial score (nSPS) is 14.6. The summed E-state index contributed by atoms with van der Waals surface area (Å²) in [5.41, 5.74) is 0. The van der Waals surface area contributed by atoms with Crippen LogP contribution >= 0.6 is 7.82 Å². The Kier molecular flexibility index (Phi) is 37.8. The predicted molar refractivity (Wildman–Crippen MR) is 223 cm³/mol. The van der Waals surface area contributed by atoms with E-state index in [0.29, 0.717) is 12.8 Å². The second-order valence-corrected chi connectivity index (χ2v) is 15.0. The molecule has 0 fully saturated rings. The Labute approximate surface area is 333 Å². The zero-order chi connectivity index (χ0) is 40.5. The molecule has 3 atom stereocenters. The van der Waals surface area contributed by atoms with Crippen molar-refractivity contribution in [2.24, 2.45) is 0 Å². The number of carbonyl (C=O) groups is 2. The van der Waals surface area contributed by atoms with Crippen molar-refractivity contribution in [1.29, 1.82) is 0 Å². The summed E-state index contributed by atoms with van der Waals surface area (Å²) in [5, 5.41) is 19.1. The van der Waals surface area contributed by atoms with Crippen molar-refractivity contribution in [1.82, 2.24) is 0 Å². The molecular weight excluding hydrogens is 719 g/mol. The van der Waals surface area contributed by atoms with Gasteiger partial charge in [-0.25, -0.2) is 4.57 Å². The van der Waals surface area contributed by atoms with Gasteiger partial charge in [0.2, 0.25) is 0 Å². The van der Waals surface area contributed by atoms with Gasteiger partial charge in [0.05, 0.1) is 26.4 Å². The van der Waals surface area contributed by atoms with Gasteiger partial charge >= 0.3 is 19.8 Å². The summed E-state index contributed by atoms with van der Waals surface area (Å²) in [5.74, 6) is -1.11. The van der Waals surface area contributed by atoms with Gasteiger partial charge in [-0.2, -0.15) is 0 Å². The number of rotatable bonds is 38. The van der Waals surface area contributed by atoms with Crippen LogP contribution in [0.2, 0.25) is 0 Å². The van der Waals surface area contributed by atoms with Crippen molar-refractivity contribution < 1.29 is 47.8 Å². The molecule has 316 valence electrons. The molecule has 55 heavy (non-hydrogen) atoms. The number of esters is 2. The van der Waals surface area contributed by atoms with E-state index in [1.165, 1.54) is 57.8 Å². The number of hydrogen-bond acceptors (Lipinski definition) is 9. The number of ether oxygens (including phenoxy) is 2. The molecule has 0 saturated carbocycles. The topological polar surface area (TPSA) is 149 Å². The third-order valence-corrected chi connectivity index (χ3v) is 9.37. The number of phosphoric acid groups is 1. The van der Waals surface area contributed by atoms with Gasteiger partial charge in [0.15, 0.2) is 0 Å². The first-order chi connectivity index (χ1) is 26.8. The summed E-state index contributed by atoms with van der Waals surface area (Å²) in [7, 11) is -4.66. The summed E-state index contributed by atoms with van der Waals surface area (Å²) in [6, 6.07) is 0. The van der Waals surface area contributed by atoms with Crippen LogP contribution in [0.5, 0.6) is 0 Å². The lowest BCUT2D eigenvalue weighted by Crippen LogP contribution is -2.28. The van der Waals surface area contributed by atoms with Crippen LogP contribution in [-0.4, -0.2) is 65.7 Å². The molecule has 0 aromatic heterocycles. The highest BCUT2D eigenvalue weighted by Gasteiger charge is 2.27. The van der Waals surface area contributed by atoms with Gasteiger partial charge in [-0.15, -0.1) is 0 Å². The van der Waals surface area contributed by atoms with Crippen LogP contribution in [-0.2, 0) is 32.7 Å². The van der Waals surface area contributed by atoms with Crippen LogP contribution in [0, 0.1) is 0 Å². The second kappa shape index (κ2) is 39.6. The number of carbonyl (C=O) groups excluding carboxylic acids is 2. The van der Waals surface area contributed by atoms with Gasteiger partial charge in [0.1, 0.15) is 12.2 Å². The van der Waals surface area contributed by atoms with E-state index in [1.807, 2.05) is 18.2 Å². The molecule has 0 heterocycles. The molecule has 0 rings (SSSR count). The minimum atomic E-state index is -4.66. The van der Waals surface area contributed by atoms with E-state index >= 15 is 0 Å². The first-order valence-corrected chi connectivity index (χ1v) is 22.4. The number of unbranched alkanes of at least 4 members (excludes halogenated alkanes) is 12. The predicted octanol–water partition coefficient (Wildman–Crippen LogP) is 10.9. The molecule has 0 bridgehead atoms. The van der Waals surface area contributed by atoms with E-state index < -0.39 is 58.4 Å². The van der Waals surface area contributed by atoms with Crippen LogP contribution in [0.15, 0.2) is 72.9 Å². The zero-order valence-corrected chi connectivity index (χ0v) is 35.0. The van der Waals surface area contributed by atoms with Gasteiger partial charge in [-0.05, 0) is 70.6 Å². The first-order valence-electron chi connectivity index (χ1n) is 20.9. The Balaban J connectivity index is 4.00. The number of hydrogen-bond donors (Lipinski definition) is 3. The quantitative estimate of drug-likeness (QED) is 0.0239. The Morgan fingerprint density at radius 2 is 0.891 bits per heavy atom. The molecule has 0 aliphatic rings. The lowest BCUT2D eigenvalue weighted by Gasteiger charge is -2.20. The van der Waals surface area contributed by atoms with Crippen LogP contribution in [0.3, 0.4) is 0 Å². The Hall–Kier alpha value is -2.59. The van der Waals surface area contributed by atoms with Crippen molar-refractivity contribution in [3.63, 3.8) is 0 Å². The SMILES string of the molecule is CC/C=C\C/C=C\C/C=C\C/C=C\CCC(=O)OC(CO)COP(=O)(O)OCC(CO)OC(=O)CCCCCCCCCCC/C=C\C/C=C\CCCCC. The highest BCUT2D eigenvalue weighted by molar-refractivity contribution is 7.47. The number of aliphatic hydroxyl groups excluding tert-OH is 2. The van der Waals surface area contributed by atoms with E-state index in [0.717, 1.165) is 57.8 Å². The van der Waals surface area contributed by atoms with E-state index in [-0.39, 0.29) is 12.8 Å². The minimum absolute atomic E-state index is 0.0675. The van der Waals surface area contributed by atoms with Crippen molar-refractivity contribution in [2.75, 3.05) is 26.4 Å². The van der Waals surface area contributed by atoms with Gasteiger partial charge in [0, 0.05) is 12.8 Å². The number of aliphatic hydroxyl groups is 2. The molecule has 0 spiro atoms. The molecule has 11 heteroatoms. The number of phosphoric ester groups is 1. The van der Waals surface area contributed by atoms with Crippen molar-refractivity contribution in [3.05, 3.63) is 72.9 Å². The van der Waals surface area contributed by atoms with E-state index in [1.54, 1.807) is 0 Å². The molecule has 0 saturated heterocycles. The third kappa shape index (κ3) is 38.1. The molecule has 0 aliphatic heterocycles. The molecule has 0 aromatic carbocycles. The van der Waals surface area contributed by atoms with E-state index in [4.69, 9.17) is 18.5 Å². The van der Waals surface area contributed by atoms with Crippen molar-refractivity contribution in [2.45, 2.75) is 167 Å². The fraction of sp³-hybridized carbons (Fsp3) is 0.682. The molecule has 0 aliphatic carbocycles. The molecule has 0 amide bonds. The lowest BCUT2D eigenvalue weighted by molar-refractivity contribution is -0.153. The molecule has 10 nitrogen and oxygen atoms in total. The van der Waals surface area contributed by atoms with Crippen LogP contribution in [0.1, 0.15) is 155 Å². The highest BCUT2D eigenvalue weighted by Crippen LogP contribution is 2.43. The van der Waals surface area contributed by atoms with Gasteiger partial charge in [-0.1, -0.05) is 145 Å². The Morgan fingerprint density at radius 3 is 1.35 bits per heavy atom. The van der Waals surface area contributed by atoms with Gasteiger partial charge in [0.25, 0.3) is 0 Å². The number of allylic oxidation sites excluding steroid dienone is 12. The fourth-order valence-electron chi connectivity index (χ4n) is 5.22. The largest absolute Gasteiger partial charge is 0.472 e. The fourth-order valence-corrected chi connectivity index (χ4v) is 6.00. The smallest absolute Gasteiger partial charge is 0.457 e. The summed E-state index contributed by atoms with van der Waals surface area (Å²) in [4.78, 5) is 34.4. The van der Waals surface area contributed by atoms with Crippen molar-refractivity contribution >= 4 is 19.8 Å². The van der Waals surface area contributed by atoms with Crippen molar-refractivity contribution in [3.8, 4) is 0 Å². The lowest BCUT2D eigenvalue weighted by atomic mass is 10.1. The second-order valence-electron chi connectivity index (χ2n) is 13.6. The monoisotopic (exact) mass is 795 g/mol. The maximum atomic E-state index is 12.3. The molecule has 0 radical (unpaired) electrons. The van der Waals surface area contributed by atoms with Crippen LogP contribution < -0.4 is 0 Å². The maximum absolute atomic E-state index is 12.3. The summed E-state index contributed by atoms with van der Waals surface area (Å²) in [6.07, 6.45) is 44.7. The molecule has 3 N–H and O–H groups in total. The maximum Gasteiger partial charge on any atom is 0.472 e. The Morgan fingerprint density at radius 1 is 0.509 bits per heavy atom. The Bertz CT molecular complexity index is 1140.